The monoisotopic (exact) mass is 341 g/mol. The first-order valence-electron chi connectivity index (χ1n) is 6.49. The van der Waals surface area contributed by atoms with Gasteiger partial charge in [-0.05, 0) is 41.8 Å². The van der Waals surface area contributed by atoms with Gasteiger partial charge in [0.15, 0.2) is 0 Å². The predicted molar refractivity (Wildman–Crippen MR) is 88.8 cm³/mol. The van der Waals surface area contributed by atoms with Crippen LogP contribution < -0.4 is 10.5 Å². The van der Waals surface area contributed by atoms with Crippen molar-refractivity contribution in [2.75, 3.05) is 0 Å². The molecular weight excluding hydrogens is 325 g/mol. The lowest BCUT2D eigenvalue weighted by atomic mass is 10.1. The van der Waals surface area contributed by atoms with Crippen LogP contribution in [-0.2, 0) is 17.8 Å². The summed E-state index contributed by atoms with van der Waals surface area (Å²) in [6.07, 6.45) is 0.298. The minimum Gasteiger partial charge on any atom is -0.489 e. The molecule has 6 heteroatoms. The van der Waals surface area contributed by atoms with Gasteiger partial charge in [0.1, 0.15) is 18.4 Å². The van der Waals surface area contributed by atoms with Crippen LogP contribution >= 0.6 is 24.0 Å². The van der Waals surface area contributed by atoms with Crippen molar-refractivity contribution in [3.8, 4) is 5.75 Å². The molecule has 2 rings (SSSR count). The van der Waals surface area contributed by atoms with Gasteiger partial charge in [0.25, 0.3) is 0 Å². The maximum atomic E-state index is 10.7. The van der Waals surface area contributed by atoms with Gasteiger partial charge < -0.3 is 15.6 Å². The van der Waals surface area contributed by atoms with E-state index in [1.807, 2.05) is 36.4 Å². The molecule has 0 saturated heterocycles. The zero-order valence-electron chi connectivity index (χ0n) is 11.7. The third-order valence-electron chi connectivity index (χ3n) is 3.01. The largest absolute Gasteiger partial charge is 0.489 e. The van der Waals surface area contributed by atoms with E-state index >= 15 is 0 Å². The number of ether oxygens (including phenoxy) is 1. The molecule has 0 aliphatic rings. The zero-order valence-corrected chi connectivity index (χ0v) is 13.3. The Morgan fingerprint density at radius 2 is 1.64 bits per heavy atom. The van der Waals surface area contributed by atoms with E-state index in [1.54, 1.807) is 12.1 Å². The van der Waals surface area contributed by atoms with E-state index in [9.17, 15) is 4.79 Å². The maximum absolute atomic E-state index is 10.7. The molecule has 2 aromatic rings. The van der Waals surface area contributed by atoms with Crippen LogP contribution in [0.25, 0.3) is 0 Å². The molecule has 0 saturated carbocycles. The Bertz CT molecular complexity index is 600. The summed E-state index contributed by atoms with van der Waals surface area (Å²) in [5, 5.41) is 9.46. The molecule has 0 spiro atoms. The normalized spacial score (nSPS) is 11.4. The predicted octanol–water partition coefficient (Wildman–Crippen LogP) is 3.30. The van der Waals surface area contributed by atoms with Crippen LogP contribution in [0.3, 0.4) is 0 Å². The molecule has 0 bridgehead atoms. The Hall–Kier alpha value is -1.75. The number of nitrogens with two attached hydrogens (primary N) is 1. The second-order valence-corrected chi connectivity index (χ2v) is 5.14. The number of rotatable bonds is 6. The average Bonchev–Trinajstić information content (AvgIpc) is 2.48. The quantitative estimate of drug-likeness (QED) is 0.845. The Labute approximate surface area is 140 Å². The molecule has 22 heavy (non-hydrogen) atoms. The highest BCUT2D eigenvalue weighted by molar-refractivity contribution is 6.30. The standard InChI is InChI=1S/C16H16ClNO3.ClH/c17-13-5-1-12(2-6-13)10-21-14-7-3-11(4-8-14)9-15(18)16(19)20;/h1-8,15H,9-10,18H2,(H,19,20);1H/t15-;/m0./s1. The van der Waals surface area contributed by atoms with Crippen LogP contribution in [0, 0.1) is 0 Å². The van der Waals surface area contributed by atoms with Crippen LogP contribution in [0.2, 0.25) is 5.02 Å². The Morgan fingerprint density at radius 3 is 2.18 bits per heavy atom. The van der Waals surface area contributed by atoms with E-state index in [2.05, 4.69) is 0 Å². The number of hydrogen-bond donors (Lipinski definition) is 2. The molecule has 0 heterocycles. The van der Waals surface area contributed by atoms with Crippen molar-refractivity contribution in [3.05, 3.63) is 64.7 Å². The number of benzene rings is 2. The lowest BCUT2D eigenvalue weighted by molar-refractivity contribution is -0.138. The number of halogens is 2. The number of aliphatic carboxylic acids is 1. The summed E-state index contributed by atoms with van der Waals surface area (Å²) in [6, 6.07) is 13.8. The highest BCUT2D eigenvalue weighted by Gasteiger charge is 2.11. The summed E-state index contributed by atoms with van der Waals surface area (Å²) < 4.78 is 5.65. The molecule has 0 fully saturated rings. The molecule has 3 N–H and O–H groups in total. The van der Waals surface area contributed by atoms with Gasteiger partial charge in [0.05, 0.1) is 0 Å². The van der Waals surface area contributed by atoms with Crippen molar-refractivity contribution in [2.45, 2.75) is 19.1 Å². The fourth-order valence-corrected chi connectivity index (χ4v) is 1.94. The van der Waals surface area contributed by atoms with Gasteiger partial charge in [0, 0.05) is 5.02 Å². The summed E-state index contributed by atoms with van der Waals surface area (Å²) in [5.74, 6) is -0.282. The van der Waals surface area contributed by atoms with Crippen LogP contribution in [0.5, 0.6) is 5.75 Å². The second kappa shape index (κ2) is 8.63. The van der Waals surface area contributed by atoms with Gasteiger partial charge in [0.2, 0.25) is 0 Å². The molecule has 0 aromatic heterocycles. The van der Waals surface area contributed by atoms with E-state index in [0.29, 0.717) is 18.1 Å². The molecule has 0 unspecified atom stereocenters. The first kappa shape index (κ1) is 18.3. The van der Waals surface area contributed by atoms with Crippen LogP contribution in [0.1, 0.15) is 11.1 Å². The minimum atomic E-state index is -1.00. The summed E-state index contributed by atoms with van der Waals surface area (Å²) in [7, 11) is 0. The molecule has 0 amide bonds. The SMILES string of the molecule is Cl.N[C@@H](Cc1ccc(OCc2ccc(Cl)cc2)cc1)C(=O)O. The second-order valence-electron chi connectivity index (χ2n) is 4.71. The van der Waals surface area contributed by atoms with E-state index < -0.39 is 12.0 Å². The van der Waals surface area contributed by atoms with Crippen LogP contribution in [-0.4, -0.2) is 17.1 Å². The van der Waals surface area contributed by atoms with Crippen molar-refractivity contribution in [1.82, 2.24) is 0 Å². The van der Waals surface area contributed by atoms with Crippen LogP contribution in [0.15, 0.2) is 48.5 Å². The molecule has 118 valence electrons. The maximum Gasteiger partial charge on any atom is 0.320 e. The number of hydrogen-bond acceptors (Lipinski definition) is 3. The zero-order chi connectivity index (χ0) is 15.2. The molecule has 1 atom stereocenters. The topological polar surface area (TPSA) is 72.5 Å². The van der Waals surface area contributed by atoms with Crippen molar-refractivity contribution in [1.29, 1.82) is 0 Å². The fraction of sp³-hybridized carbons (Fsp3) is 0.188. The van der Waals surface area contributed by atoms with Crippen molar-refractivity contribution >= 4 is 30.0 Å². The Balaban J connectivity index is 0.00000242. The van der Waals surface area contributed by atoms with Gasteiger partial charge in [-0.3, -0.25) is 4.79 Å². The Morgan fingerprint density at radius 1 is 1.09 bits per heavy atom. The average molecular weight is 342 g/mol. The molecule has 0 radical (unpaired) electrons. The van der Waals surface area contributed by atoms with E-state index in [-0.39, 0.29) is 12.4 Å². The highest BCUT2D eigenvalue weighted by atomic mass is 35.5. The lowest BCUT2D eigenvalue weighted by Gasteiger charge is -2.09. The molecular formula is C16H17Cl2NO3. The van der Waals surface area contributed by atoms with Crippen LogP contribution in [0.4, 0.5) is 0 Å². The summed E-state index contributed by atoms with van der Waals surface area (Å²) in [6.45, 7) is 0.450. The van der Waals surface area contributed by atoms with Gasteiger partial charge in [-0.1, -0.05) is 35.9 Å². The van der Waals surface area contributed by atoms with Gasteiger partial charge in [-0.25, -0.2) is 0 Å². The Kier molecular flexibility index (Phi) is 7.18. The number of carboxylic acid groups (broad SMARTS) is 1. The van der Waals surface area contributed by atoms with Crippen molar-refractivity contribution in [3.63, 3.8) is 0 Å². The van der Waals surface area contributed by atoms with Crippen molar-refractivity contribution in [2.24, 2.45) is 5.73 Å². The molecule has 0 aliphatic heterocycles. The highest BCUT2D eigenvalue weighted by Crippen LogP contribution is 2.16. The third kappa shape index (κ3) is 5.56. The molecule has 2 aromatic carbocycles. The lowest BCUT2D eigenvalue weighted by Crippen LogP contribution is -2.32. The molecule has 0 aliphatic carbocycles. The first-order chi connectivity index (χ1) is 10.0. The van der Waals surface area contributed by atoms with Crippen molar-refractivity contribution < 1.29 is 14.6 Å². The van der Waals surface area contributed by atoms with E-state index in [1.165, 1.54) is 0 Å². The summed E-state index contributed by atoms with van der Waals surface area (Å²) in [5.41, 5.74) is 7.38. The number of carbonyl (C=O) groups is 1. The van der Waals surface area contributed by atoms with E-state index in [4.69, 9.17) is 27.2 Å². The minimum absolute atomic E-state index is 0. The fourth-order valence-electron chi connectivity index (χ4n) is 1.81. The summed E-state index contributed by atoms with van der Waals surface area (Å²) in [4.78, 5) is 10.7. The first-order valence-corrected chi connectivity index (χ1v) is 6.87. The van der Waals surface area contributed by atoms with Gasteiger partial charge in [-0.15, -0.1) is 12.4 Å². The van der Waals surface area contributed by atoms with Gasteiger partial charge in [-0.2, -0.15) is 0 Å². The van der Waals surface area contributed by atoms with E-state index in [0.717, 1.165) is 16.9 Å². The number of carboxylic acids is 1. The van der Waals surface area contributed by atoms with Gasteiger partial charge >= 0.3 is 5.97 Å². The third-order valence-corrected chi connectivity index (χ3v) is 3.27. The molecule has 4 nitrogen and oxygen atoms in total. The summed E-state index contributed by atoms with van der Waals surface area (Å²) >= 11 is 5.82. The smallest absolute Gasteiger partial charge is 0.320 e.